The molecule has 0 bridgehead atoms. The Kier molecular flexibility index (Phi) is 3.18. The first-order valence-electron chi connectivity index (χ1n) is 7.21. The molecule has 2 saturated heterocycles. The van der Waals surface area contributed by atoms with E-state index in [4.69, 9.17) is 4.74 Å². The van der Waals surface area contributed by atoms with E-state index in [1.807, 2.05) is 0 Å². The third-order valence-electron chi connectivity index (χ3n) is 4.54. The van der Waals surface area contributed by atoms with Gasteiger partial charge in [-0.2, -0.15) is 0 Å². The number of nitrogens with zero attached hydrogens (tertiary/aromatic N) is 1. The Morgan fingerprint density at radius 1 is 1.29 bits per heavy atom. The van der Waals surface area contributed by atoms with Crippen molar-refractivity contribution in [1.82, 2.24) is 10.2 Å². The van der Waals surface area contributed by atoms with E-state index in [1.54, 1.807) is 0 Å². The number of ether oxygens (including phenoxy) is 1. The molecule has 0 aromatic heterocycles. The molecule has 1 saturated carbocycles. The Hall–Kier alpha value is -0.120. The smallest absolute Gasteiger partial charge is 0.0507 e. The van der Waals surface area contributed by atoms with Gasteiger partial charge in [-0.3, -0.25) is 4.90 Å². The van der Waals surface area contributed by atoms with Crippen molar-refractivity contribution in [3.05, 3.63) is 0 Å². The highest BCUT2D eigenvalue weighted by Crippen LogP contribution is 2.37. The van der Waals surface area contributed by atoms with Gasteiger partial charge in [-0.15, -0.1) is 0 Å². The molecule has 0 amide bonds. The fourth-order valence-electron chi connectivity index (χ4n) is 3.40. The van der Waals surface area contributed by atoms with Crippen LogP contribution in [0.4, 0.5) is 0 Å². The Morgan fingerprint density at radius 2 is 2.12 bits per heavy atom. The van der Waals surface area contributed by atoms with Crippen molar-refractivity contribution in [1.29, 1.82) is 0 Å². The lowest BCUT2D eigenvalue weighted by atomic mass is 9.95. The molecule has 2 aliphatic heterocycles. The Bertz CT molecular complexity index is 269. The minimum atomic E-state index is 0.283. The van der Waals surface area contributed by atoms with Gasteiger partial charge < -0.3 is 10.1 Å². The summed E-state index contributed by atoms with van der Waals surface area (Å²) in [5.74, 6) is 1.76. The molecule has 0 aromatic rings. The van der Waals surface area contributed by atoms with Gasteiger partial charge in [0.15, 0.2) is 0 Å². The monoisotopic (exact) mass is 238 g/mol. The summed E-state index contributed by atoms with van der Waals surface area (Å²) in [6.45, 7) is 10.3. The van der Waals surface area contributed by atoms with Crippen LogP contribution in [-0.2, 0) is 4.74 Å². The summed E-state index contributed by atoms with van der Waals surface area (Å²) < 4.78 is 5.52. The maximum absolute atomic E-state index is 5.52. The zero-order valence-corrected chi connectivity index (χ0v) is 11.2. The molecule has 1 N–H and O–H groups in total. The van der Waals surface area contributed by atoms with Crippen LogP contribution >= 0.6 is 0 Å². The third kappa shape index (κ3) is 2.83. The highest BCUT2D eigenvalue weighted by atomic mass is 16.5. The number of piperazine rings is 1. The predicted molar refractivity (Wildman–Crippen MR) is 69.1 cm³/mol. The topological polar surface area (TPSA) is 24.5 Å². The van der Waals surface area contributed by atoms with Crippen molar-refractivity contribution in [2.45, 2.75) is 44.7 Å². The molecule has 98 valence electrons. The van der Waals surface area contributed by atoms with E-state index < -0.39 is 0 Å². The first kappa shape index (κ1) is 11.9. The SMILES string of the molecule is CC1(C)CN(CC2CCOC2)C(C2CC2)CN1. The Morgan fingerprint density at radius 3 is 2.76 bits per heavy atom. The maximum Gasteiger partial charge on any atom is 0.0507 e. The average molecular weight is 238 g/mol. The van der Waals surface area contributed by atoms with E-state index in [0.717, 1.165) is 31.1 Å². The summed E-state index contributed by atoms with van der Waals surface area (Å²) in [5, 5.41) is 3.71. The molecule has 0 radical (unpaired) electrons. The minimum Gasteiger partial charge on any atom is -0.381 e. The van der Waals surface area contributed by atoms with Crippen LogP contribution in [0.3, 0.4) is 0 Å². The van der Waals surface area contributed by atoms with Crippen molar-refractivity contribution in [2.75, 3.05) is 32.8 Å². The molecule has 3 rings (SSSR count). The standard InChI is InChI=1S/C14H26N2O/c1-14(2)10-16(8-11-5-6-17-9-11)13(7-15-14)12-3-4-12/h11-13,15H,3-10H2,1-2H3. The molecule has 3 nitrogen and oxygen atoms in total. The lowest BCUT2D eigenvalue weighted by Gasteiger charge is -2.45. The van der Waals surface area contributed by atoms with Crippen LogP contribution in [0.1, 0.15) is 33.1 Å². The lowest BCUT2D eigenvalue weighted by Crippen LogP contribution is -2.62. The van der Waals surface area contributed by atoms with Gasteiger partial charge in [0.05, 0.1) is 6.61 Å². The van der Waals surface area contributed by atoms with Gasteiger partial charge in [0.1, 0.15) is 0 Å². The molecule has 1 aliphatic carbocycles. The van der Waals surface area contributed by atoms with Gasteiger partial charge in [0, 0.05) is 37.8 Å². The van der Waals surface area contributed by atoms with Crippen LogP contribution in [0.5, 0.6) is 0 Å². The van der Waals surface area contributed by atoms with E-state index in [1.165, 1.54) is 38.9 Å². The number of hydrogen-bond donors (Lipinski definition) is 1. The molecule has 0 aromatic carbocycles. The van der Waals surface area contributed by atoms with Crippen LogP contribution in [0, 0.1) is 11.8 Å². The lowest BCUT2D eigenvalue weighted by molar-refractivity contribution is 0.0642. The van der Waals surface area contributed by atoms with Crippen LogP contribution < -0.4 is 5.32 Å². The fraction of sp³-hybridized carbons (Fsp3) is 1.00. The average Bonchev–Trinajstić information content (AvgIpc) is 2.96. The summed E-state index contributed by atoms with van der Waals surface area (Å²) in [5.41, 5.74) is 0.283. The van der Waals surface area contributed by atoms with Crippen LogP contribution in [-0.4, -0.2) is 49.3 Å². The van der Waals surface area contributed by atoms with Gasteiger partial charge in [0.2, 0.25) is 0 Å². The molecule has 2 heterocycles. The zero-order chi connectivity index (χ0) is 11.9. The quantitative estimate of drug-likeness (QED) is 0.806. The van der Waals surface area contributed by atoms with Crippen LogP contribution in [0.15, 0.2) is 0 Å². The highest BCUT2D eigenvalue weighted by Gasteiger charge is 2.41. The summed E-state index contributed by atoms with van der Waals surface area (Å²) in [7, 11) is 0. The number of rotatable bonds is 3. The van der Waals surface area contributed by atoms with Crippen molar-refractivity contribution in [3.63, 3.8) is 0 Å². The molecule has 3 aliphatic rings. The van der Waals surface area contributed by atoms with Crippen molar-refractivity contribution in [3.8, 4) is 0 Å². The van der Waals surface area contributed by atoms with Crippen LogP contribution in [0.25, 0.3) is 0 Å². The highest BCUT2D eigenvalue weighted by molar-refractivity contribution is 4.98. The molecule has 3 fully saturated rings. The first-order valence-corrected chi connectivity index (χ1v) is 7.21. The molecule has 0 spiro atoms. The van der Waals surface area contributed by atoms with Crippen molar-refractivity contribution < 1.29 is 4.74 Å². The molecular formula is C14H26N2O. The normalized spacial score (nSPS) is 38.5. The Labute approximate surface area is 105 Å². The van der Waals surface area contributed by atoms with Gasteiger partial charge in [-0.1, -0.05) is 0 Å². The molecule has 17 heavy (non-hydrogen) atoms. The maximum atomic E-state index is 5.52. The first-order chi connectivity index (χ1) is 8.14. The number of hydrogen-bond acceptors (Lipinski definition) is 3. The van der Waals surface area contributed by atoms with Gasteiger partial charge in [-0.05, 0) is 44.9 Å². The zero-order valence-electron chi connectivity index (χ0n) is 11.2. The van der Waals surface area contributed by atoms with Gasteiger partial charge >= 0.3 is 0 Å². The Balaban J connectivity index is 1.63. The second-order valence-electron chi connectivity index (χ2n) is 6.83. The fourth-order valence-corrected chi connectivity index (χ4v) is 3.40. The molecule has 2 atom stereocenters. The van der Waals surface area contributed by atoms with E-state index in [2.05, 4.69) is 24.1 Å². The van der Waals surface area contributed by atoms with E-state index >= 15 is 0 Å². The predicted octanol–water partition coefficient (Wildman–Crippen LogP) is 1.49. The number of nitrogens with one attached hydrogen (secondary N) is 1. The molecule has 3 heteroatoms. The van der Waals surface area contributed by atoms with Gasteiger partial charge in [0.25, 0.3) is 0 Å². The van der Waals surface area contributed by atoms with E-state index in [9.17, 15) is 0 Å². The largest absolute Gasteiger partial charge is 0.381 e. The minimum absolute atomic E-state index is 0.283. The van der Waals surface area contributed by atoms with Crippen molar-refractivity contribution >= 4 is 0 Å². The second-order valence-corrected chi connectivity index (χ2v) is 6.83. The summed E-state index contributed by atoms with van der Waals surface area (Å²) >= 11 is 0. The van der Waals surface area contributed by atoms with E-state index in [0.29, 0.717) is 0 Å². The third-order valence-corrected chi connectivity index (χ3v) is 4.54. The molecular weight excluding hydrogens is 212 g/mol. The van der Waals surface area contributed by atoms with E-state index in [-0.39, 0.29) is 5.54 Å². The summed E-state index contributed by atoms with van der Waals surface area (Å²) in [6, 6.07) is 0.795. The second kappa shape index (κ2) is 4.52. The van der Waals surface area contributed by atoms with Crippen LogP contribution in [0.2, 0.25) is 0 Å². The summed E-state index contributed by atoms with van der Waals surface area (Å²) in [6.07, 6.45) is 4.16. The summed E-state index contributed by atoms with van der Waals surface area (Å²) in [4.78, 5) is 2.76. The van der Waals surface area contributed by atoms with Crippen molar-refractivity contribution in [2.24, 2.45) is 11.8 Å². The van der Waals surface area contributed by atoms with Gasteiger partial charge in [-0.25, -0.2) is 0 Å². The molecule has 2 unspecified atom stereocenters.